The van der Waals surface area contributed by atoms with Crippen LogP contribution in [0.25, 0.3) is 0 Å². The van der Waals surface area contributed by atoms with Crippen LogP contribution in [0.5, 0.6) is 0 Å². The van der Waals surface area contributed by atoms with Crippen molar-refractivity contribution in [2.75, 3.05) is 13.2 Å². The Morgan fingerprint density at radius 1 is 1.62 bits per heavy atom. The van der Waals surface area contributed by atoms with Gasteiger partial charge in [-0.15, -0.1) is 0 Å². The summed E-state index contributed by atoms with van der Waals surface area (Å²) in [6, 6.07) is 0. The molecule has 1 aromatic rings. The molecule has 0 aliphatic heterocycles. The second kappa shape index (κ2) is 7.00. The SMILES string of the molecule is CCOC(=O)CCCNCc1cnc(C)[nH]1. The Balaban J connectivity index is 2.02. The molecule has 2 N–H and O–H groups in total. The molecule has 0 amide bonds. The van der Waals surface area contributed by atoms with E-state index in [4.69, 9.17) is 4.74 Å². The summed E-state index contributed by atoms with van der Waals surface area (Å²) < 4.78 is 4.83. The maximum absolute atomic E-state index is 11.0. The molecule has 0 aromatic carbocycles. The van der Waals surface area contributed by atoms with Crippen molar-refractivity contribution in [3.05, 3.63) is 17.7 Å². The van der Waals surface area contributed by atoms with E-state index in [-0.39, 0.29) is 5.97 Å². The molecule has 5 heteroatoms. The third-order valence-electron chi connectivity index (χ3n) is 2.11. The van der Waals surface area contributed by atoms with Gasteiger partial charge in [-0.2, -0.15) is 0 Å². The van der Waals surface area contributed by atoms with Crippen molar-refractivity contribution in [2.24, 2.45) is 0 Å². The molecule has 0 aliphatic rings. The summed E-state index contributed by atoms with van der Waals surface area (Å²) in [5.74, 6) is 0.796. The van der Waals surface area contributed by atoms with Crippen LogP contribution < -0.4 is 5.32 Å². The fraction of sp³-hybridized carbons (Fsp3) is 0.636. The van der Waals surface area contributed by atoms with Gasteiger partial charge in [-0.05, 0) is 26.8 Å². The van der Waals surface area contributed by atoms with Crippen LogP contribution in [0.1, 0.15) is 31.3 Å². The Bertz CT molecular complexity index is 323. The van der Waals surface area contributed by atoms with E-state index < -0.39 is 0 Å². The monoisotopic (exact) mass is 225 g/mol. The quantitative estimate of drug-likeness (QED) is 0.539. The molecule has 0 radical (unpaired) electrons. The lowest BCUT2D eigenvalue weighted by atomic mass is 10.3. The van der Waals surface area contributed by atoms with Gasteiger partial charge in [-0.25, -0.2) is 4.98 Å². The molecule has 1 rings (SSSR count). The van der Waals surface area contributed by atoms with Crippen molar-refractivity contribution >= 4 is 5.97 Å². The summed E-state index contributed by atoms with van der Waals surface area (Å²) in [4.78, 5) is 18.2. The molecular weight excluding hydrogens is 206 g/mol. The number of nitrogens with zero attached hydrogens (tertiary/aromatic N) is 1. The lowest BCUT2D eigenvalue weighted by Gasteiger charge is -2.03. The topological polar surface area (TPSA) is 67.0 Å². The zero-order valence-corrected chi connectivity index (χ0v) is 9.88. The number of aryl methyl sites for hydroxylation is 1. The Hall–Kier alpha value is -1.36. The first-order chi connectivity index (χ1) is 7.72. The number of aromatic nitrogens is 2. The normalized spacial score (nSPS) is 10.4. The summed E-state index contributed by atoms with van der Waals surface area (Å²) >= 11 is 0. The van der Waals surface area contributed by atoms with E-state index in [2.05, 4.69) is 15.3 Å². The molecular formula is C11H19N3O2. The zero-order chi connectivity index (χ0) is 11.8. The van der Waals surface area contributed by atoms with Crippen molar-refractivity contribution in [1.29, 1.82) is 0 Å². The average Bonchev–Trinajstić information content (AvgIpc) is 2.64. The molecule has 1 heterocycles. The maximum atomic E-state index is 11.0. The van der Waals surface area contributed by atoms with E-state index in [1.807, 2.05) is 20.0 Å². The second-order valence-electron chi connectivity index (χ2n) is 3.58. The molecule has 0 spiro atoms. The van der Waals surface area contributed by atoms with Crippen molar-refractivity contribution in [3.63, 3.8) is 0 Å². The van der Waals surface area contributed by atoms with Crippen LogP contribution in [0.4, 0.5) is 0 Å². The Labute approximate surface area is 95.6 Å². The highest BCUT2D eigenvalue weighted by Gasteiger charge is 2.00. The van der Waals surface area contributed by atoms with Crippen LogP contribution in [-0.4, -0.2) is 29.1 Å². The van der Waals surface area contributed by atoms with Gasteiger partial charge in [0.2, 0.25) is 0 Å². The fourth-order valence-corrected chi connectivity index (χ4v) is 1.38. The number of aromatic amines is 1. The standard InChI is InChI=1S/C11H19N3O2/c1-3-16-11(15)5-4-6-12-7-10-8-13-9(2)14-10/h8,12H,3-7H2,1-2H3,(H,13,14). The van der Waals surface area contributed by atoms with E-state index in [0.717, 1.165) is 31.0 Å². The number of hydrogen-bond acceptors (Lipinski definition) is 4. The minimum absolute atomic E-state index is 0.123. The first-order valence-corrected chi connectivity index (χ1v) is 5.59. The van der Waals surface area contributed by atoms with Gasteiger partial charge in [0.1, 0.15) is 5.82 Å². The van der Waals surface area contributed by atoms with Crippen LogP contribution in [0, 0.1) is 6.92 Å². The number of rotatable bonds is 7. The summed E-state index contributed by atoms with van der Waals surface area (Å²) in [6.07, 6.45) is 3.09. The highest BCUT2D eigenvalue weighted by atomic mass is 16.5. The van der Waals surface area contributed by atoms with Gasteiger partial charge < -0.3 is 15.0 Å². The lowest BCUT2D eigenvalue weighted by molar-refractivity contribution is -0.143. The predicted molar refractivity (Wildman–Crippen MR) is 60.9 cm³/mol. The smallest absolute Gasteiger partial charge is 0.305 e. The van der Waals surface area contributed by atoms with Gasteiger partial charge in [0.05, 0.1) is 6.61 Å². The second-order valence-corrected chi connectivity index (χ2v) is 3.58. The van der Waals surface area contributed by atoms with Crippen molar-refractivity contribution in [1.82, 2.24) is 15.3 Å². The molecule has 90 valence electrons. The van der Waals surface area contributed by atoms with Crippen LogP contribution in [0.2, 0.25) is 0 Å². The van der Waals surface area contributed by atoms with Gasteiger partial charge in [0.25, 0.3) is 0 Å². The highest BCUT2D eigenvalue weighted by Crippen LogP contribution is 1.96. The van der Waals surface area contributed by atoms with Crippen LogP contribution in [0.15, 0.2) is 6.20 Å². The van der Waals surface area contributed by atoms with E-state index in [0.29, 0.717) is 13.0 Å². The number of esters is 1. The van der Waals surface area contributed by atoms with E-state index >= 15 is 0 Å². The fourth-order valence-electron chi connectivity index (χ4n) is 1.38. The van der Waals surface area contributed by atoms with E-state index in [9.17, 15) is 4.79 Å². The number of hydrogen-bond donors (Lipinski definition) is 2. The van der Waals surface area contributed by atoms with Crippen LogP contribution in [0.3, 0.4) is 0 Å². The average molecular weight is 225 g/mol. The number of H-pyrrole nitrogens is 1. The zero-order valence-electron chi connectivity index (χ0n) is 9.88. The Morgan fingerprint density at radius 2 is 2.44 bits per heavy atom. The van der Waals surface area contributed by atoms with E-state index in [1.54, 1.807) is 0 Å². The lowest BCUT2D eigenvalue weighted by Crippen LogP contribution is -2.16. The van der Waals surface area contributed by atoms with Crippen molar-refractivity contribution in [3.8, 4) is 0 Å². The molecule has 1 aromatic heterocycles. The third kappa shape index (κ3) is 4.93. The first-order valence-electron chi connectivity index (χ1n) is 5.59. The number of imidazole rings is 1. The summed E-state index contributed by atoms with van der Waals surface area (Å²) in [6.45, 7) is 5.75. The molecule has 0 unspecified atom stereocenters. The molecule has 0 atom stereocenters. The number of nitrogens with one attached hydrogen (secondary N) is 2. The molecule has 16 heavy (non-hydrogen) atoms. The van der Waals surface area contributed by atoms with Crippen molar-refractivity contribution in [2.45, 2.75) is 33.2 Å². The van der Waals surface area contributed by atoms with Crippen LogP contribution in [-0.2, 0) is 16.1 Å². The predicted octanol–water partition coefficient (Wildman–Crippen LogP) is 1.15. The highest BCUT2D eigenvalue weighted by molar-refractivity contribution is 5.69. The molecule has 5 nitrogen and oxygen atoms in total. The van der Waals surface area contributed by atoms with Gasteiger partial charge in [0, 0.05) is 24.9 Å². The Morgan fingerprint density at radius 3 is 3.06 bits per heavy atom. The molecule has 0 fully saturated rings. The maximum Gasteiger partial charge on any atom is 0.305 e. The Kier molecular flexibility index (Phi) is 5.56. The van der Waals surface area contributed by atoms with Gasteiger partial charge in [0.15, 0.2) is 0 Å². The van der Waals surface area contributed by atoms with Crippen molar-refractivity contribution < 1.29 is 9.53 Å². The summed E-state index contributed by atoms with van der Waals surface area (Å²) in [5, 5.41) is 3.23. The molecule has 0 bridgehead atoms. The van der Waals surface area contributed by atoms with Crippen LogP contribution >= 0.6 is 0 Å². The van der Waals surface area contributed by atoms with E-state index in [1.165, 1.54) is 0 Å². The third-order valence-corrected chi connectivity index (χ3v) is 2.11. The number of carbonyl (C=O) groups is 1. The van der Waals surface area contributed by atoms with Gasteiger partial charge in [-0.3, -0.25) is 4.79 Å². The summed E-state index contributed by atoms with van der Waals surface area (Å²) in [5.41, 5.74) is 1.06. The largest absolute Gasteiger partial charge is 0.466 e. The molecule has 0 aliphatic carbocycles. The summed E-state index contributed by atoms with van der Waals surface area (Å²) in [7, 11) is 0. The van der Waals surface area contributed by atoms with Gasteiger partial charge >= 0.3 is 5.97 Å². The van der Waals surface area contributed by atoms with Gasteiger partial charge in [-0.1, -0.05) is 0 Å². The molecule has 0 saturated carbocycles. The minimum atomic E-state index is -0.123. The minimum Gasteiger partial charge on any atom is -0.466 e. The molecule has 0 saturated heterocycles. The number of ether oxygens (including phenoxy) is 1. The number of carbonyl (C=O) groups excluding carboxylic acids is 1. The first kappa shape index (κ1) is 12.7.